The van der Waals surface area contributed by atoms with E-state index in [9.17, 15) is 9.59 Å². The lowest BCUT2D eigenvalue weighted by atomic mass is 10.2. The Kier molecular flexibility index (Phi) is 6.88. The minimum absolute atomic E-state index is 0. The fourth-order valence-electron chi connectivity index (χ4n) is 2.37. The van der Waals surface area contributed by atoms with Crippen molar-refractivity contribution < 1.29 is 26.6 Å². The molecule has 6 heteroatoms. The first-order valence-corrected chi connectivity index (χ1v) is 7.91. The summed E-state index contributed by atoms with van der Waals surface area (Å²) in [5.41, 5.74) is 1.95. The number of rotatable bonds is 5. The number of pyridine rings is 1. The topological polar surface area (TPSA) is 62.1 Å². The minimum atomic E-state index is -0.219. The van der Waals surface area contributed by atoms with Crippen LogP contribution in [-0.2, 0) is 11.3 Å². The minimum Gasteiger partial charge on any atom is -1.00 e. The third-order valence-corrected chi connectivity index (χ3v) is 3.54. The van der Waals surface area contributed by atoms with Crippen LogP contribution in [0.15, 0.2) is 85.2 Å². The van der Waals surface area contributed by atoms with Crippen molar-refractivity contribution in [2.75, 3.05) is 10.6 Å². The monoisotopic (exact) mass is 367 g/mol. The number of nitrogens with one attached hydrogen (secondary N) is 2. The molecular formula is C20H18ClN3O2. The van der Waals surface area contributed by atoms with Gasteiger partial charge < -0.3 is 23.0 Å². The highest BCUT2D eigenvalue weighted by Gasteiger charge is 2.14. The summed E-state index contributed by atoms with van der Waals surface area (Å²) in [5.74, 6) is -0.374. The van der Waals surface area contributed by atoms with Crippen molar-refractivity contribution >= 4 is 23.2 Å². The lowest BCUT2D eigenvalue weighted by molar-refractivity contribution is -0.684. The zero-order valence-electron chi connectivity index (χ0n) is 13.9. The van der Waals surface area contributed by atoms with Crippen LogP contribution in [0.4, 0.5) is 11.4 Å². The molecule has 5 nitrogen and oxygen atoms in total. The lowest BCUT2D eigenvalue weighted by Gasteiger charge is -2.05. The second-order valence-electron chi connectivity index (χ2n) is 5.50. The number of carbonyl (C=O) groups is 2. The van der Waals surface area contributed by atoms with Crippen LogP contribution in [0.5, 0.6) is 0 Å². The summed E-state index contributed by atoms with van der Waals surface area (Å²) in [4.78, 5) is 24.4. The van der Waals surface area contributed by atoms with Crippen LogP contribution < -0.4 is 27.6 Å². The predicted octanol–water partition coefficient (Wildman–Crippen LogP) is -0.131. The summed E-state index contributed by atoms with van der Waals surface area (Å²) in [6.07, 6.45) is 3.41. The second kappa shape index (κ2) is 9.34. The van der Waals surface area contributed by atoms with Crippen molar-refractivity contribution in [3.8, 4) is 0 Å². The Morgan fingerprint density at radius 1 is 0.769 bits per heavy atom. The number of carbonyl (C=O) groups excluding carboxylic acids is 2. The fourth-order valence-corrected chi connectivity index (χ4v) is 2.37. The van der Waals surface area contributed by atoms with Crippen molar-refractivity contribution in [2.24, 2.45) is 0 Å². The average Bonchev–Trinajstić information content (AvgIpc) is 2.63. The largest absolute Gasteiger partial charge is 1.00 e. The van der Waals surface area contributed by atoms with E-state index in [1.54, 1.807) is 29.1 Å². The summed E-state index contributed by atoms with van der Waals surface area (Å²) in [5, 5.41) is 5.64. The number of halogens is 1. The summed E-state index contributed by atoms with van der Waals surface area (Å²) in [6.45, 7) is 0.126. The van der Waals surface area contributed by atoms with Crippen molar-refractivity contribution in [1.82, 2.24) is 0 Å². The normalized spacial score (nSPS) is 9.69. The Balaban J connectivity index is 0.00000243. The number of para-hydroxylation sites is 2. The second-order valence-corrected chi connectivity index (χ2v) is 5.50. The summed E-state index contributed by atoms with van der Waals surface area (Å²) in [7, 11) is 0. The van der Waals surface area contributed by atoms with Gasteiger partial charge >= 0.3 is 0 Å². The van der Waals surface area contributed by atoms with Crippen molar-refractivity contribution in [2.45, 2.75) is 6.54 Å². The molecule has 2 N–H and O–H groups in total. The Labute approximate surface area is 158 Å². The predicted molar refractivity (Wildman–Crippen MR) is 96.1 cm³/mol. The van der Waals surface area contributed by atoms with Gasteiger partial charge in [0.15, 0.2) is 12.4 Å². The van der Waals surface area contributed by atoms with Gasteiger partial charge in [0.1, 0.15) is 5.56 Å². The zero-order valence-corrected chi connectivity index (χ0v) is 14.7. The molecule has 2 aromatic carbocycles. The van der Waals surface area contributed by atoms with E-state index in [4.69, 9.17) is 0 Å². The maximum Gasteiger partial charge on any atom is 0.290 e. The molecule has 0 fully saturated rings. The molecule has 0 aliphatic rings. The van der Waals surface area contributed by atoms with Crippen LogP contribution in [0.25, 0.3) is 0 Å². The third kappa shape index (κ3) is 5.43. The number of anilines is 2. The molecule has 2 amide bonds. The molecule has 0 unspecified atom stereocenters. The molecular weight excluding hydrogens is 350 g/mol. The highest BCUT2D eigenvalue weighted by Crippen LogP contribution is 2.08. The summed E-state index contributed by atoms with van der Waals surface area (Å²) < 4.78 is 1.68. The molecule has 132 valence electrons. The Morgan fingerprint density at radius 2 is 1.35 bits per heavy atom. The lowest BCUT2D eigenvalue weighted by Crippen LogP contribution is -3.00. The smallest absolute Gasteiger partial charge is 0.290 e. The van der Waals surface area contributed by atoms with E-state index in [0.717, 1.165) is 11.4 Å². The van der Waals surface area contributed by atoms with E-state index in [0.29, 0.717) is 5.56 Å². The quantitative estimate of drug-likeness (QED) is 0.617. The van der Waals surface area contributed by atoms with Crippen LogP contribution in [0.3, 0.4) is 0 Å². The van der Waals surface area contributed by atoms with E-state index < -0.39 is 0 Å². The molecule has 3 rings (SSSR count). The third-order valence-electron chi connectivity index (χ3n) is 3.54. The molecule has 26 heavy (non-hydrogen) atoms. The summed E-state index contributed by atoms with van der Waals surface area (Å²) >= 11 is 0. The number of hydrogen-bond donors (Lipinski definition) is 2. The molecule has 1 aromatic heterocycles. The number of nitrogens with zero attached hydrogens (tertiary/aromatic N) is 1. The van der Waals surface area contributed by atoms with E-state index in [-0.39, 0.29) is 30.8 Å². The van der Waals surface area contributed by atoms with Gasteiger partial charge in [0.05, 0.1) is 0 Å². The van der Waals surface area contributed by atoms with Gasteiger partial charge in [-0.05, 0) is 30.3 Å². The van der Waals surface area contributed by atoms with Gasteiger partial charge in [-0.25, -0.2) is 0 Å². The number of hydrogen-bond acceptors (Lipinski definition) is 2. The van der Waals surface area contributed by atoms with Crippen molar-refractivity contribution in [3.63, 3.8) is 0 Å². The molecule has 0 aliphatic heterocycles. The van der Waals surface area contributed by atoms with Crippen LogP contribution >= 0.6 is 0 Å². The molecule has 0 spiro atoms. The standard InChI is InChI=1S/C20H17N3O2.ClH/c24-19(21-17-9-3-1-4-10-17)15-23-13-7-8-16(14-23)20(25)22-18-11-5-2-6-12-18;/h1-14H,15H2,(H-,21,22,24,25);1H. The van der Waals surface area contributed by atoms with Gasteiger partial charge in [0, 0.05) is 17.4 Å². The molecule has 3 aromatic rings. The Hall–Kier alpha value is -3.18. The van der Waals surface area contributed by atoms with Gasteiger partial charge in [0.25, 0.3) is 11.8 Å². The maximum absolute atomic E-state index is 12.3. The zero-order chi connectivity index (χ0) is 17.5. The van der Waals surface area contributed by atoms with E-state index in [1.165, 1.54) is 0 Å². The molecule has 0 bridgehead atoms. The number of aromatic nitrogens is 1. The molecule has 0 atom stereocenters. The SMILES string of the molecule is O=C(C[n+]1cccc(C(=O)Nc2ccccc2)c1)Nc1ccccc1.[Cl-]. The highest BCUT2D eigenvalue weighted by molar-refractivity contribution is 6.03. The average molecular weight is 368 g/mol. The van der Waals surface area contributed by atoms with Crippen LogP contribution in [0.2, 0.25) is 0 Å². The van der Waals surface area contributed by atoms with Gasteiger partial charge in [-0.1, -0.05) is 36.4 Å². The molecule has 0 saturated carbocycles. The molecule has 0 saturated heterocycles. The first kappa shape index (κ1) is 19.1. The molecule has 0 aliphatic carbocycles. The van der Waals surface area contributed by atoms with E-state index in [2.05, 4.69) is 10.6 Å². The first-order valence-electron chi connectivity index (χ1n) is 7.91. The Bertz CT molecular complexity index is 870. The highest BCUT2D eigenvalue weighted by atomic mass is 35.5. The Morgan fingerprint density at radius 3 is 1.96 bits per heavy atom. The van der Waals surface area contributed by atoms with Crippen LogP contribution in [-0.4, -0.2) is 11.8 Å². The van der Waals surface area contributed by atoms with Gasteiger partial charge in [-0.15, -0.1) is 0 Å². The van der Waals surface area contributed by atoms with Crippen LogP contribution in [0.1, 0.15) is 10.4 Å². The van der Waals surface area contributed by atoms with Gasteiger partial charge in [-0.3, -0.25) is 9.59 Å². The fraction of sp³-hybridized carbons (Fsp3) is 0.0500. The maximum atomic E-state index is 12.3. The van der Waals surface area contributed by atoms with Gasteiger partial charge in [-0.2, -0.15) is 4.57 Å². The van der Waals surface area contributed by atoms with Gasteiger partial charge in [0.2, 0.25) is 6.54 Å². The van der Waals surface area contributed by atoms with E-state index in [1.807, 2.05) is 60.7 Å². The van der Waals surface area contributed by atoms with Crippen molar-refractivity contribution in [3.05, 3.63) is 90.8 Å². The number of benzene rings is 2. The molecule has 1 heterocycles. The van der Waals surface area contributed by atoms with Crippen LogP contribution in [0, 0.1) is 0 Å². The molecule has 0 radical (unpaired) electrons. The first-order chi connectivity index (χ1) is 12.2. The number of amides is 2. The van der Waals surface area contributed by atoms with Crippen molar-refractivity contribution in [1.29, 1.82) is 0 Å². The summed E-state index contributed by atoms with van der Waals surface area (Å²) in [6, 6.07) is 22.0. The van der Waals surface area contributed by atoms with E-state index >= 15 is 0 Å².